The van der Waals surface area contributed by atoms with Crippen molar-refractivity contribution in [1.29, 1.82) is 0 Å². The van der Waals surface area contributed by atoms with Gasteiger partial charge in [0.15, 0.2) is 0 Å². The third-order valence-corrected chi connectivity index (χ3v) is 4.58. The van der Waals surface area contributed by atoms with E-state index in [1.54, 1.807) is 22.9 Å². The number of rotatable bonds is 5. The minimum Gasteiger partial charge on any atom is -0.294 e. The van der Waals surface area contributed by atoms with Crippen LogP contribution < -0.4 is 5.56 Å². The lowest BCUT2D eigenvalue weighted by atomic mass is 10.1. The van der Waals surface area contributed by atoms with Gasteiger partial charge in [0.05, 0.1) is 27.7 Å². The normalized spacial score (nSPS) is 11.8. The minimum absolute atomic E-state index is 0.119. The molecule has 0 unspecified atom stereocenters. The van der Waals surface area contributed by atoms with Crippen LogP contribution in [-0.2, 0) is 6.42 Å². The lowest BCUT2D eigenvalue weighted by Crippen LogP contribution is -2.19. The molecule has 0 aliphatic heterocycles. The van der Waals surface area contributed by atoms with Crippen LogP contribution in [-0.4, -0.2) is 15.5 Å². The summed E-state index contributed by atoms with van der Waals surface area (Å²) in [4.78, 5) is 17.6. The van der Waals surface area contributed by atoms with Crippen molar-refractivity contribution in [2.45, 2.75) is 26.7 Å². The molecule has 4 nitrogen and oxygen atoms in total. The second kappa shape index (κ2) is 7.94. The second-order valence-corrected chi connectivity index (χ2v) is 6.83. The molecule has 1 aromatic heterocycles. The zero-order valence-corrected chi connectivity index (χ0v) is 16.1. The third kappa shape index (κ3) is 3.76. The van der Waals surface area contributed by atoms with Crippen molar-refractivity contribution in [3.05, 3.63) is 80.2 Å². The van der Waals surface area contributed by atoms with Crippen molar-refractivity contribution in [1.82, 2.24) is 9.78 Å². The molecule has 0 saturated heterocycles. The van der Waals surface area contributed by atoms with E-state index in [1.807, 2.05) is 37.3 Å². The number of aryl methyl sites for hydroxylation is 1. The fourth-order valence-corrected chi connectivity index (χ4v) is 3.30. The number of aliphatic imine (C=N–C) groups is 1. The van der Waals surface area contributed by atoms with E-state index in [9.17, 15) is 4.79 Å². The smallest absolute Gasteiger partial charge is 0.280 e. The summed E-state index contributed by atoms with van der Waals surface area (Å²) >= 11 is 12.2. The lowest BCUT2D eigenvalue weighted by Gasteiger charge is -2.03. The molecule has 0 saturated carbocycles. The molecule has 26 heavy (non-hydrogen) atoms. The van der Waals surface area contributed by atoms with Gasteiger partial charge in [-0.05, 0) is 43.7 Å². The van der Waals surface area contributed by atoms with Gasteiger partial charge >= 0.3 is 0 Å². The topological polar surface area (TPSA) is 50.1 Å². The fraction of sp³-hybridized carbons (Fsp3) is 0.200. The fourth-order valence-electron chi connectivity index (χ4n) is 2.85. The van der Waals surface area contributed by atoms with Gasteiger partial charge in [0.25, 0.3) is 5.56 Å². The van der Waals surface area contributed by atoms with Crippen molar-refractivity contribution in [2.75, 3.05) is 0 Å². The van der Waals surface area contributed by atoms with E-state index in [2.05, 4.69) is 17.0 Å². The monoisotopic (exact) mass is 387 g/mol. The summed E-state index contributed by atoms with van der Waals surface area (Å²) in [7, 11) is 0. The predicted octanol–water partition coefficient (Wildman–Crippen LogP) is 5.57. The highest BCUT2D eigenvalue weighted by molar-refractivity contribution is 6.36. The first kappa shape index (κ1) is 18.5. The van der Waals surface area contributed by atoms with E-state index < -0.39 is 0 Å². The quantitative estimate of drug-likeness (QED) is 0.571. The standard InChI is InChI=1S/C20H19Cl2N3O/c1-3-7-18-19(13(2)23-17-11-10-14(21)12-16(17)22)20(26)25(24-18)15-8-5-4-6-9-15/h4-6,8-12,24H,3,7H2,1-2H3. The van der Waals surface area contributed by atoms with Gasteiger partial charge in [-0.1, -0.05) is 54.7 Å². The van der Waals surface area contributed by atoms with Gasteiger partial charge in [-0.2, -0.15) is 0 Å². The summed E-state index contributed by atoms with van der Waals surface area (Å²) < 4.78 is 1.56. The Kier molecular flexibility index (Phi) is 5.64. The highest BCUT2D eigenvalue weighted by Crippen LogP contribution is 2.28. The average molecular weight is 388 g/mol. The van der Waals surface area contributed by atoms with Crippen molar-refractivity contribution >= 4 is 34.6 Å². The molecule has 1 N–H and O–H groups in total. The molecule has 0 bridgehead atoms. The number of benzene rings is 2. The summed E-state index contributed by atoms with van der Waals surface area (Å²) in [6.45, 7) is 3.90. The first-order valence-electron chi connectivity index (χ1n) is 8.41. The Morgan fingerprint density at radius 3 is 2.54 bits per heavy atom. The van der Waals surface area contributed by atoms with Crippen LogP contribution in [0.2, 0.25) is 10.0 Å². The minimum atomic E-state index is -0.119. The first-order valence-corrected chi connectivity index (χ1v) is 9.17. The van der Waals surface area contributed by atoms with Gasteiger partial charge in [-0.15, -0.1) is 0 Å². The van der Waals surface area contributed by atoms with E-state index in [0.29, 0.717) is 27.0 Å². The Labute approximate surface area is 162 Å². The average Bonchev–Trinajstić information content (AvgIpc) is 2.95. The Morgan fingerprint density at radius 1 is 1.15 bits per heavy atom. The Hall–Kier alpha value is -2.30. The Bertz CT molecular complexity index is 1000. The van der Waals surface area contributed by atoms with Gasteiger partial charge < -0.3 is 0 Å². The van der Waals surface area contributed by atoms with Crippen LogP contribution in [0.5, 0.6) is 0 Å². The first-order chi connectivity index (χ1) is 12.5. The molecule has 3 aromatic rings. The van der Waals surface area contributed by atoms with Crippen LogP contribution in [0.25, 0.3) is 5.69 Å². The molecule has 2 aromatic carbocycles. The van der Waals surface area contributed by atoms with E-state index in [0.717, 1.165) is 24.2 Å². The number of hydrogen-bond acceptors (Lipinski definition) is 2. The van der Waals surface area contributed by atoms with Gasteiger partial charge in [-0.25, -0.2) is 4.68 Å². The van der Waals surface area contributed by atoms with Crippen LogP contribution in [0.15, 0.2) is 58.3 Å². The van der Waals surface area contributed by atoms with Crippen molar-refractivity contribution < 1.29 is 0 Å². The summed E-state index contributed by atoms with van der Waals surface area (Å²) in [6, 6.07) is 14.6. The summed E-state index contributed by atoms with van der Waals surface area (Å²) in [5.74, 6) is 0. The number of nitrogens with one attached hydrogen (secondary N) is 1. The van der Waals surface area contributed by atoms with Crippen LogP contribution >= 0.6 is 23.2 Å². The van der Waals surface area contributed by atoms with E-state index in [-0.39, 0.29) is 5.56 Å². The van der Waals surface area contributed by atoms with Gasteiger partial charge in [0.1, 0.15) is 0 Å². The maximum absolute atomic E-state index is 13.0. The maximum atomic E-state index is 13.0. The van der Waals surface area contributed by atoms with E-state index >= 15 is 0 Å². The molecule has 0 fully saturated rings. The summed E-state index contributed by atoms with van der Waals surface area (Å²) in [6.07, 6.45) is 1.67. The largest absolute Gasteiger partial charge is 0.294 e. The Balaban J connectivity index is 2.12. The SMILES string of the molecule is CCCc1[nH]n(-c2ccccc2)c(=O)c1C(C)=Nc1ccc(Cl)cc1Cl. The number of nitrogens with zero attached hydrogens (tertiary/aromatic N) is 2. The maximum Gasteiger partial charge on any atom is 0.280 e. The molecule has 0 aliphatic carbocycles. The molecule has 134 valence electrons. The molecule has 1 heterocycles. The van der Waals surface area contributed by atoms with Crippen LogP contribution in [0.1, 0.15) is 31.5 Å². The molecule has 0 radical (unpaired) electrons. The molecular formula is C20H19Cl2N3O. The number of aromatic amines is 1. The molecule has 0 atom stereocenters. The predicted molar refractivity (Wildman–Crippen MR) is 109 cm³/mol. The molecule has 0 amide bonds. The molecular weight excluding hydrogens is 369 g/mol. The number of H-pyrrole nitrogens is 1. The second-order valence-electron chi connectivity index (χ2n) is 5.98. The van der Waals surface area contributed by atoms with E-state index in [1.165, 1.54) is 0 Å². The van der Waals surface area contributed by atoms with Crippen LogP contribution in [0, 0.1) is 0 Å². The number of aromatic nitrogens is 2. The van der Waals surface area contributed by atoms with Crippen LogP contribution in [0.3, 0.4) is 0 Å². The zero-order chi connectivity index (χ0) is 18.7. The lowest BCUT2D eigenvalue weighted by molar-refractivity contribution is 0.793. The van der Waals surface area contributed by atoms with Crippen molar-refractivity contribution in [2.24, 2.45) is 4.99 Å². The van der Waals surface area contributed by atoms with Gasteiger partial charge in [0.2, 0.25) is 0 Å². The highest BCUT2D eigenvalue weighted by Gasteiger charge is 2.17. The van der Waals surface area contributed by atoms with Crippen molar-refractivity contribution in [3.63, 3.8) is 0 Å². The molecule has 0 spiro atoms. The molecule has 6 heteroatoms. The third-order valence-electron chi connectivity index (χ3n) is 4.04. The number of halogens is 2. The zero-order valence-electron chi connectivity index (χ0n) is 14.6. The number of hydrogen-bond donors (Lipinski definition) is 1. The van der Waals surface area contributed by atoms with Crippen molar-refractivity contribution in [3.8, 4) is 5.69 Å². The van der Waals surface area contributed by atoms with Crippen LogP contribution in [0.4, 0.5) is 5.69 Å². The Morgan fingerprint density at radius 2 is 1.88 bits per heavy atom. The van der Waals surface area contributed by atoms with Gasteiger partial charge in [0, 0.05) is 10.7 Å². The van der Waals surface area contributed by atoms with E-state index in [4.69, 9.17) is 23.2 Å². The highest BCUT2D eigenvalue weighted by atomic mass is 35.5. The summed E-state index contributed by atoms with van der Waals surface area (Å²) in [5, 5.41) is 4.23. The van der Waals surface area contributed by atoms with Gasteiger partial charge in [-0.3, -0.25) is 14.9 Å². The number of para-hydroxylation sites is 1. The molecule has 3 rings (SSSR count). The molecule has 0 aliphatic rings. The summed E-state index contributed by atoms with van der Waals surface area (Å²) in [5.41, 5.74) is 3.33.